The van der Waals surface area contributed by atoms with Crippen LogP contribution in [0.2, 0.25) is 0 Å². The van der Waals surface area contributed by atoms with Gasteiger partial charge in [-0.2, -0.15) is 0 Å². The number of carbonyl (C=O) groups is 1. The molecule has 0 aliphatic carbocycles. The summed E-state index contributed by atoms with van der Waals surface area (Å²) in [4.78, 5) is 11.5. The van der Waals surface area contributed by atoms with Gasteiger partial charge in [0.25, 0.3) is 0 Å². The first-order valence-electron chi connectivity index (χ1n) is 6.49. The third-order valence-corrected chi connectivity index (χ3v) is 3.13. The van der Waals surface area contributed by atoms with Crippen LogP contribution in [0.15, 0.2) is 36.4 Å². The van der Waals surface area contributed by atoms with Gasteiger partial charge in [0.15, 0.2) is 0 Å². The number of esters is 1. The van der Waals surface area contributed by atoms with Gasteiger partial charge in [-0.05, 0) is 45.5 Å². The number of fused-ring (bicyclic) bond motifs is 1. The Kier molecular flexibility index (Phi) is 9.21. The zero-order chi connectivity index (χ0) is 14.8. The smallest absolute Gasteiger partial charge is 0.338 e. The Morgan fingerprint density at radius 3 is 1.95 bits per heavy atom. The number of carbonyl (C=O) groups excluding carboxylic acids is 1. The molecule has 0 radical (unpaired) electrons. The molecule has 0 saturated carbocycles. The summed E-state index contributed by atoms with van der Waals surface area (Å²) in [6.07, 6.45) is 0. The number of hydrogen-bond acceptors (Lipinski definition) is 2. The summed E-state index contributed by atoms with van der Waals surface area (Å²) < 4.78 is 5.64. The van der Waals surface area contributed by atoms with Gasteiger partial charge in [-0.25, -0.2) is 4.79 Å². The first kappa shape index (κ1) is 17.9. The molecule has 0 aliphatic heterocycles. The maximum Gasteiger partial charge on any atom is 0.338 e. The van der Waals surface area contributed by atoms with E-state index >= 15 is 0 Å². The van der Waals surface area contributed by atoms with Crippen molar-refractivity contribution in [1.82, 2.24) is 0 Å². The second kappa shape index (κ2) is 9.78. The van der Waals surface area contributed by atoms with E-state index in [1.165, 1.54) is 7.11 Å². The minimum Gasteiger partial charge on any atom is -0.465 e. The van der Waals surface area contributed by atoms with Crippen LogP contribution in [0.5, 0.6) is 0 Å². The van der Waals surface area contributed by atoms with E-state index in [-0.39, 0.29) is 5.97 Å². The predicted octanol–water partition coefficient (Wildman–Crippen LogP) is 5.28. The highest BCUT2D eigenvalue weighted by Gasteiger charge is 2.10. The SMILES string of the molecule is CC.CC.COC(=O)c1cc2ccccc2cc1I. The van der Waals surface area contributed by atoms with E-state index in [9.17, 15) is 4.79 Å². The molecule has 0 N–H and O–H groups in total. The zero-order valence-electron chi connectivity index (χ0n) is 12.2. The average molecular weight is 372 g/mol. The summed E-state index contributed by atoms with van der Waals surface area (Å²) in [5, 5.41) is 2.19. The van der Waals surface area contributed by atoms with Crippen LogP contribution in [0.1, 0.15) is 38.1 Å². The van der Waals surface area contributed by atoms with Crippen LogP contribution in [0, 0.1) is 3.57 Å². The molecule has 0 aliphatic rings. The fourth-order valence-electron chi connectivity index (χ4n) is 1.48. The Morgan fingerprint density at radius 1 is 1.00 bits per heavy atom. The van der Waals surface area contributed by atoms with Crippen LogP contribution >= 0.6 is 22.6 Å². The lowest BCUT2D eigenvalue weighted by molar-refractivity contribution is 0.0599. The van der Waals surface area contributed by atoms with Crippen molar-refractivity contribution >= 4 is 39.3 Å². The van der Waals surface area contributed by atoms with E-state index in [1.807, 2.05) is 64.1 Å². The van der Waals surface area contributed by atoms with Crippen molar-refractivity contribution in [3.8, 4) is 0 Å². The van der Waals surface area contributed by atoms with E-state index in [2.05, 4.69) is 22.6 Å². The third kappa shape index (κ3) is 4.82. The van der Waals surface area contributed by atoms with Crippen molar-refractivity contribution in [2.24, 2.45) is 0 Å². The summed E-state index contributed by atoms with van der Waals surface area (Å²) in [5.74, 6) is -0.287. The van der Waals surface area contributed by atoms with Crippen molar-refractivity contribution in [3.05, 3.63) is 45.5 Å². The van der Waals surface area contributed by atoms with Gasteiger partial charge in [-0.15, -0.1) is 0 Å². The van der Waals surface area contributed by atoms with E-state index in [0.29, 0.717) is 5.56 Å². The van der Waals surface area contributed by atoms with E-state index in [1.54, 1.807) is 0 Å². The number of hydrogen-bond donors (Lipinski definition) is 0. The zero-order valence-corrected chi connectivity index (χ0v) is 14.3. The second-order valence-corrected chi connectivity index (χ2v) is 4.33. The molecule has 2 nitrogen and oxygen atoms in total. The molecule has 104 valence electrons. The number of ether oxygens (including phenoxy) is 1. The molecule has 0 atom stereocenters. The fraction of sp³-hybridized carbons (Fsp3) is 0.312. The molecule has 19 heavy (non-hydrogen) atoms. The van der Waals surface area contributed by atoms with Crippen LogP contribution in [0.3, 0.4) is 0 Å². The Morgan fingerprint density at radius 2 is 1.47 bits per heavy atom. The lowest BCUT2D eigenvalue weighted by Gasteiger charge is -2.04. The topological polar surface area (TPSA) is 26.3 Å². The average Bonchev–Trinajstić information content (AvgIpc) is 2.50. The van der Waals surface area contributed by atoms with Crippen molar-refractivity contribution in [2.75, 3.05) is 7.11 Å². The van der Waals surface area contributed by atoms with Crippen molar-refractivity contribution in [1.29, 1.82) is 0 Å². The summed E-state index contributed by atoms with van der Waals surface area (Å²) >= 11 is 2.15. The second-order valence-electron chi connectivity index (χ2n) is 3.17. The molecule has 2 aromatic carbocycles. The van der Waals surface area contributed by atoms with Gasteiger partial charge in [-0.3, -0.25) is 0 Å². The molecule has 0 heterocycles. The van der Waals surface area contributed by atoms with E-state index in [0.717, 1.165) is 14.3 Å². The number of methoxy groups -OCH3 is 1. The Labute approximate surface area is 129 Å². The third-order valence-electron chi connectivity index (χ3n) is 2.24. The molecule has 2 aromatic rings. The molecule has 0 amide bonds. The van der Waals surface area contributed by atoms with Crippen molar-refractivity contribution in [2.45, 2.75) is 27.7 Å². The van der Waals surface area contributed by atoms with E-state index < -0.39 is 0 Å². The van der Waals surface area contributed by atoms with Crippen LogP contribution in [0.4, 0.5) is 0 Å². The Bertz CT molecular complexity index is 521. The van der Waals surface area contributed by atoms with Gasteiger partial charge in [0.1, 0.15) is 0 Å². The molecule has 0 bridgehead atoms. The molecule has 2 rings (SSSR count). The van der Waals surface area contributed by atoms with Gasteiger partial charge >= 0.3 is 5.97 Å². The lowest BCUT2D eigenvalue weighted by atomic mass is 10.1. The highest BCUT2D eigenvalue weighted by molar-refractivity contribution is 14.1. The van der Waals surface area contributed by atoms with Crippen molar-refractivity contribution < 1.29 is 9.53 Å². The van der Waals surface area contributed by atoms with Gasteiger partial charge < -0.3 is 4.74 Å². The minimum absolute atomic E-state index is 0.287. The molecule has 0 unspecified atom stereocenters. The minimum atomic E-state index is -0.287. The number of halogens is 1. The summed E-state index contributed by atoms with van der Waals surface area (Å²) in [6.45, 7) is 8.00. The van der Waals surface area contributed by atoms with Crippen LogP contribution in [0.25, 0.3) is 10.8 Å². The van der Waals surface area contributed by atoms with Crippen molar-refractivity contribution in [3.63, 3.8) is 0 Å². The molecule has 0 saturated heterocycles. The maximum absolute atomic E-state index is 11.5. The predicted molar refractivity (Wildman–Crippen MR) is 90.7 cm³/mol. The van der Waals surface area contributed by atoms with Gasteiger partial charge in [0.05, 0.1) is 12.7 Å². The normalized spacial score (nSPS) is 8.74. The highest BCUT2D eigenvalue weighted by Crippen LogP contribution is 2.22. The molecule has 0 fully saturated rings. The molecule has 0 aromatic heterocycles. The molecular formula is C16H21IO2. The van der Waals surface area contributed by atoms with Gasteiger partial charge in [0, 0.05) is 3.57 Å². The van der Waals surface area contributed by atoms with Gasteiger partial charge in [0.2, 0.25) is 0 Å². The first-order chi connectivity index (χ1) is 9.22. The summed E-state index contributed by atoms with van der Waals surface area (Å²) in [6, 6.07) is 11.8. The monoisotopic (exact) mass is 372 g/mol. The molecule has 3 heteroatoms. The quantitative estimate of drug-likeness (QED) is 0.503. The lowest BCUT2D eigenvalue weighted by Crippen LogP contribution is -2.03. The van der Waals surface area contributed by atoms with Crippen LogP contribution in [-0.4, -0.2) is 13.1 Å². The maximum atomic E-state index is 11.5. The summed E-state index contributed by atoms with van der Waals surface area (Å²) in [7, 11) is 1.40. The van der Waals surface area contributed by atoms with Crippen LogP contribution < -0.4 is 0 Å². The Balaban J connectivity index is 0.000000741. The first-order valence-corrected chi connectivity index (χ1v) is 7.57. The summed E-state index contributed by atoms with van der Waals surface area (Å²) in [5.41, 5.74) is 0.622. The molecule has 0 spiro atoms. The highest BCUT2D eigenvalue weighted by atomic mass is 127. The molecular weight excluding hydrogens is 351 g/mol. The largest absolute Gasteiger partial charge is 0.465 e. The van der Waals surface area contributed by atoms with Gasteiger partial charge in [-0.1, -0.05) is 52.0 Å². The number of rotatable bonds is 1. The van der Waals surface area contributed by atoms with E-state index in [4.69, 9.17) is 4.74 Å². The van der Waals surface area contributed by atoms with Crippen LogP contribution in [-0.2, 0) is 4.74 Å². The number of benzene rings is 2. The fourth-order valence-corrected chi connectivity index (χ4v) is 2.19. The standard InChI is InChI=1S/C12H9IO2.2C2H6/c1-15-12(14)10-6-8-4-2-3-5-9(8)7-11(10)13;2*1-2/h2-7H,1H3;2*1-2H3. The Hall–Kier alpha value is -1.10.